The lowest BCUT2D eigenvalue weighted by atomic mass is 9.77. The molecule has 0 aliphatic carbocycles. The first-order chi connectivity index (χ1) is 4.98. The molecule has 0 aromatic carbocycles. The van der Waals surface area contributed by atoms with Gasteiger partial charge in [-0.3, -0.25) is 4.79 Å². The van der Waals surface area contributed by atoms with Crippen LogP contribution < -0.4 is 0 Å². The van der Waals surface area contributed by atoms with E-state index < -0.39 is 11.7 Å². The molecule has 3 heteroatoms. The van der Waals surface area contributed by atoms with E-state index >= 15 is 0 Å². The first kappa shape index (κ1) is 8.68. The van der Waals surface area contributed by atoms with Crippen molar-refractivity contribution in [2.45, 2.75) is 27.1 Å². The van der Waals surface area contributed by atoms with Crippen LogP contribution in [0.4, 0.5) is 0 Å². The van der Waals surface area contributed by atoms with Gasteiger partial charge >= 0.3 is 0 Å². The summed E-state index contributed by atoms with van der Waals surface area (Å²) >= 11 is 0. The van der Waals surface area contributed by atoms with Gasteiger partial charge in [0.1, 0.15) is 5.78 Å². The Kier molecular flexibility index (Phi) is 2.03. The number of ether oxygens (including phenoxy) is 1. The van der Waals surface area contributed by atoms with E-state index in [0.717, 1.165) is 0 Å². The Labute approximate surface area is 66.4 Å². The van der Waals surface area contributed by atoms with Crippen molar-refractivity contribution in [2.24, 2.45) is 11.3 Å². The predicted molar refractivity (Wildman–Crippen MR) is 39.9 cm³/mol. The van der Waals surface area contributed by atoms with Crippen LogP contribution in [0.15, 0.2) is 0 Å². The summed E-state index contributed by atoms with van der Waals surface area (Å²) in [4.78, 5) is 11.1. The molecule has 0 aromatic heterocycles. The molecule has 1 unspecified atom stereocenters. The molecule has 0 bridgehead atoms. The minimum Gasteiger partial charge on any atom is -0.368 e. The summed E-state index contributed by atoms with van der Waals surface area (Å²) in [5.41, 5.74) is -0.487. The van der Waals surface area contributed by atoms with Crippen molar-refractivity contribution in [3.05, 3.63) is 0 Å². The Hall–Kier alpha value is -0.410. The van der Waals surface area contributed by atoms with Gasteiger partial charge in [0.05, 0.1) is 12.0 Å². The molecule has 0 amide bonds. The molecule has 11 heavy (non-hydrogen) atoms. The van der Waals surface area contributed by atoms with E-state index in [1.807, 2.05) is 13.8 Å². The van der Waals surface area contributed by atoms with Crippen molar-refractivity contribution < 1.29 is 14.6 Å². The minimum absolute atomic E-state index is 0.0848. The van der Waals surface area contributed by atoms with Gasteiger partial charge in [0.2, 0.25) is 0 Å². The number of hydrogen-bond acceptors (Lipinski definition) is 3. The zero-order chi connectivity index (χ0) is 8.65. The lowest BCUT2D eigenvalue weighted by Crippen LogP contribution is -2.33. The third-order valence-corrected chi connectivity index (χ3v) is 2.79. The maximum Gasteiger partial charge on any atom is 0.158 e. The smallest absolute Gasteiger partial charge is 0.158 e. The van der Waals surface area contributed by atoms with Crippen molar-refractivity contribution in [3.63, 3.8) is 0 Å². The molecule has 3 atom stereocenters. The standard InChI is InChI=1S/C8H14O3/c1-5-7(10)11-4-8(5,3)6(2)9/h5,7,10H,4H2,1-3H3/t5-,7?,8-/m0/s1. The summed E-state index contributed by atoms with van der Waals surface area (Å²) in [7, 11) is 0. The highest BCUT2D eigenvalue weighted by atomic mass is 16.6. The van der Waals surface area contributed by atoms with E-state index in [2.05, 4.69) is 0 Å². The first-order valence-corrected chi connectivity index (χ1v) is 3.79. The summed E-state index contributed by atoms with van der Waals surface area (Å²) in [5.74, 6) is -0.0125. The molecule has 0 saturated carbocycles. The molecular formula is C8H14O3. The van der Waals surface area contributed by atoms with Crippen molar-refractivity contribution in [2.75, 3.05) is 6.61 Å². The van der Waals surface area contributed by atoms with E-state index in [1.165, 1.54) is 6.92 Å². The largest absolute Gasteiger partial charge is 0.368 e. The first-order valence-electron chi connectivity index (χ1n) is 3.79. The molecule has 1 rings (SSSR count). The number of Topliss-reactive ketones (excluding diaryl/α,β-unsaturated/α-hetero) is 1. The van der Waals surface area contributed by atoms with E-state index in [-0.39, 0.29) is 11.7 Å². The van der Waals surface area contributed by atoms with Crippen LogP contribution in [-0.2, 0) is 9.53 Å². The quantitative estimate of drug-likeness (QED) is 0.606. The van der Waals surface area contributed by atoms with Crippen LogP contribution in [0.2, 0.25) is 0 Å². The molecule has 1 fully saturated rings. The SMILES string of the molecule is CC(=O)[C@@]1(C)COC(O)[C@@H]1C. The fraction of sp³-hybridized carbons (Fsp3) is 0.875. The third-order valence-electron chi connectivity index (χ3n) is 2.79. The number of aliphatic hydroxyl groups excluding tert-OH is 1. The number of hydrogen-bond donors (Lipinski definition) is 1. The number of ketones is 1. The molecular weight excluding hydrogens is 144 g/mol. The van der Waals surface area contributed by atoms with Crippen molar-refractivity contribution in [1.29, 1.82) is 0 Å². The molecule has 1 heterocycles. The van der Waals surface area contributed by atoms with Gasteiger partial charge in [-0.1, -0.05) is 6.92 Å². The second-order valence-corrected chi connectivity index (χ2v) is 3.46. The van der Waals surface area contributed by atoms with E-state index in [0.29, 0.717) is 6.61 Å². The minimum atomic E-state index is -0.774. The summed E-state index contributed by atoms with van der Waals surface area (Å²) in [6, 6.07) is 0. The normalized spacial score (nSPS) is 44.4. The Morgan fingerprint density at radius 1 is 1.73 bits per heavy atom. The van der Waals surface area contributed by atoms with Gasteiger partial charge in [-0.05, 0) is 13.8 Å². The molecule has 0 aromatic rings. The maximum absolute atomic E-state index is 11.1. The Balaban J connectivity index is 2.81. The zero-order valence-corrected chi connectivity index (χ0v) is 7.13. The van der Waals surface area contributed by atoms with Gasteiger partial charge in [0, 0.05) is 5.92 Å². The van der Waals surface area contributed by atoms with Gasteiger partial charge < -0.3 is 9.84 Å². The Morgan fingerprint density at radius 2 is 2.27 bits per heavy atom. The zero-order valence-electron chi connectivity index (χ0n) is 7.13. The number of aliphatic hydroxyl groups is 1. The lowest BCUT2D eigenvalue weighted by Gasteiger charge is -2.23. The monoisotopic (exact) mass is 158 g/mol. The Morgan fingerprint density at radius 3 is 2.45 bits per heavy atom. The number of carbonyl (C=O) groups excluding carboxylic acids is 1. The topological polar surface area (TPSA) is 46.5 Å². The summed E-state index contributed by atoms with van der Waals surface area (Å²) < 4.78 is 4.98. The molecule has 0 radical (unpaired) electrons. The fourth-order valence-corrected chi connectivity index (χ4v) is 1.27. The fourth-order valence-electron chi connectivity index (χ4n) is 1.27. The average molecular weight is 158 g/mol. The second-order valence-electron chi connectivity index (χ2n) is 3.46. The van der Waals surface area contributed by atoms with Crippen molar-refractivity contribution in [3.8, 4) is 0 Å². The second kappa shape index (κ2) is 2.57. The highest BCUT2D eigenvalue weighted by molar-refractivity contribution is 5.82. The summed E-state index contributed by atoms with van der Waals surface area (Å²) in [6.07, 6.45) is -0.774. The lowest BCUT2D eigenvalue weighted by molar-refractivity contribution is -0.127. The molecule has 64 valence electrons. The van der Waals surface area contributed by atoms with Crippen molar-refractivity contribution in [1.82, 2.24) is 0 Å². The predicted octanol–water partition coefficient (Wildman–Crippen LogP) is 0.566. The van der Waals surface area contributed by atoms with Crippen LogP contribution in [0.5, 0.6) is 0 Å². The van der Waals surface area contributed by atoms with Crippen LogP contribution in [0.1, 0.15) is 20.8 Å². The van der Waals surface area contributed by atoms with Gasteiger partial charge in [-0.25, -0.2) is 0 Å². The van der Waals surface area contributed by atoms with Crippen molar-refractivity contribution >= 4 is 5.78 Å². The third kappa shape index (κ3) is 1.19. The van der Waals surface area contributed by atoms with Crippen LogP contribution in [0.3, 0.4) is 0 Å². The van der Waals surface area contributed by atoms with Gasteiger partial charge in [-0.2, -0.15) is 0 Å². The highest BCUT2D eigenvalue weighted by Crippen LogP contribution is 2.37. The molecule has 1 aliphatic rings. The van der Waals surface area contributed by atoms with Crippen LogP contribution >= 0.6 is 0 Å². The van der Waals surface area contributed by atoms with Crippen LogP contribution in [0.25, 0.3) is 0 Å². The van der Waals surface area contributed by atoms with Gasteiger partial charge in [0.15, 0.2) is 6.29 Å². The van der Waals surface area contributed by atoms with Crippen LogP contribution in [0, 0.1) is 11.3 Å². The summed E-state index contributed by atoms with van der Waals surface area (Å²) in [5, 5.41) is 9.21. The molecule has 3 nitrogen and oxygen atoms in total. The number of carbonyl (C=O) groups is 1. The number of rotatable bonds is 1. The molecule has 1 N–H and O–H groups in total. The van der Waals surface area contributed by atoms with E-state index in [4.69, 9.17) is 4.74 Å². The maximum atomic E-state index is 11.1. The average Bonchev–Trinajstić information content (AvgIpc) is 2.18. The molecule has 1 aliphatic heterocycles. The van der Waals surface area contributed by atoms with Crippen LogP contribution in [-0.4, -0.2) is 23.8 Å². The molecule has 0 spiro atoms. The molecule has 1 saturated heterocycles. The van der Waals surface area contributed by atoms with Gasteiger partial charge in [-0.15, -0.1) is 0 Å². The highest BCUT2D eigenvalue weighted by Gasteiger charge is 2.46. The summed E-state index contributed by atoms with van der Waals surface area (Å²) in [6.45, 7) is 5.54. The van der Waals surface area contributed by atoms with E-state index in [1.54, 1.807) is 0 Å². The Bertz CT molecular complexity index is 178. The van der Waals surface area contributed by atoms with E-state index in [9.17, 15) is 9.90 Å². The van der Waals surface area contributed by atoms with Gasteiger partial charge in [0.25, 0.3) is 0 Å².